The van der Waals surface area contributed by atoms with Crippen molar-refractivity contribution >= 4 is 15.9 Å². The van der Waals surface area contributed by atoms with Gasteiger partial charge in [-0.2, -0.15) is 4.31 Å². The number of hydrogen-bond donors (Lipinski definition) is 0. The summed E-state index contributed by atoms with van der Waals surface area (Å²) < 4.78 is 38.1. The maximum atomic E-state index is 13.1. The number of sulfonamides is 1. The number of carbonyl (C=O) groups excluding carboxylic acids is 1. The average molecular weight is 428 g/mol. The minimum Gasteiger partial charge on any atom is -0.497 e. The molecule has 1 aromatic carbocycles. The predicted octanol–water partition coefficient (Wildman–Crippen LogP) is 1.66. The summed E-state index contributed by atoms with van der Waals surface area (Å²) in [6.07, 6.45) is 2.00. The molecule has 0 N–H and O–H groups in total. The molecule has 8 nitrogen and oxygen atoms in total. The molecule has 0 spiro atoms. The van der Waals surface area contributed by atoms with Crippen molar-refractivity contribution in [2.24, 2.45) is 0 Å². The van der Waals surface area contributed by atoms with E-state index >= 15 is 0 Å². The minimum absolute atomic E-state index is 0.0582. The lowest BCUT2D eigenvalue weighted by Gasteiger charge is -2.35. The van der Waals surface area contributed by atoms with Crippen molar-refractivity contribution in [2.75, 3.05) is 60.0 Å². The quantitative estimate of drug-likeness (QED) is 0.565. The van der Waals surface area contributed by atoms with Gasteiger partial charge in [-0.05, 0) is 38.1 Å². The van der Waals surface area contributed by atoms with Crippen LogP contribution in [0.15, 0.2) is 23.1 Å². The number of amides is 1. The van der Waals surface area contributed by atoms with Gasteiger partial charge in [-0.3, -0.25) is 9.69 Å². The third-order valence-corrected chi connectivity index (χ3v) is 6.94. The summed E-state index contributed by atoms with van der Waals surface area (Å²) in [5.74, 6) is 0.784. The number of benzene rings is 1. The van der Waals surface area contributed by atoms with Gasteiger partial charge in [-0.25, -0.2) is 8.42 Å². The number of nitrogens with zero attached hydrogens (tertiary/aromatic N) is 3. The van der Waals surface area contributed by atoms with Crippen LogP contribution in [0.2, 0.25) is 0 Å². The van der Waals surface area contributed by atoms with Gasteiger partial charge in [0.1, 0.15) is 16.4 Å². The highest BCUT2D eigenvalue weighted by Crippen LogP contribution is 2.31. The standard InChI is InChI=1S/C20H33N3O5S/c1-5-9-21(10-6-2)16-20(24)22-11-13-23(14-12-22)29(25,26)19-15-17(27-3)7-8-18(19)28-4/h7-8,15H,5-6,9-14,16H2,1-4H3. The first-order valence-electron chi connectivity index (χ1n) is 10.1. The molecule has 9 heteroatoms. The van der Waals surface area contributed by atoms with E-state index in [2.05, 4.69) is 18.7 Å². The fraction of sp³-hybridized carbons (Fsp3) is 0.650. The maximum absolute atomic E-state index is 13.1. The van der Waals surface area contributed by atoms with Crippen LogP contribution in [0.25, 0.3) is 0 Å². The lowest BCUT2D eigenvalue weighted by atomic mass is 10.3. The zero-order chi connectivity index (χ0) is 21.4. The Kier molecular flexibility index (Phi) is 8.73. The molecule has 1 saturated heterocycles. The Morgan fingerprint density at radius 1 is 1.03 bits per heavy atom. The molecule has 1 aliphatic heterocycles. The molecule has 2 rings (SSSR count). The molecular weight excluding hydrogens is 394 g/mol. The van der Waals surface area contributed by atoms with Gasteiger partial charge >= 0.3 is 0 Å². The van der Waals surface area contributed by atoms with E-state index in [0.717, 1.165) is 25.9 Å². The first-order chi connectivity index (χ1) is 13.9. The Morgan fingerprint density at radius 3 is 2.17 bits per heavy atom. The van der Waals surface area contributed by atoms with E-state index in [4.69, 9.17) is 9.47 Å². The number of hydrogen-bond acceptors (Lipinski definition) is 6. The highest BCUT2D eigenvalue weighted by Gasteiger charge is 2.32. The van der Waals surface area contributed by atoms with E-state index in [1.54, 1.807) is 17.0 Å². The summed E-state index contributed by atoms with van der Waals surface area (Å²) >= 11 is 0. The SMILES string of the molecule is CCCN(CCC)CC(=O)N1CCN(S(=O)(=O)c2cc(OC)ccc2OC)CC1. The number of piperazine rings is 1. The molecule has 1 fully saturated rings. The summed E-state index contributed by atoms with van der Waals surface area (Å²) in [7, 11) is -0.818. The van der Waals surface area contributed by atoms with E-state index in [-0.39, 0.29) is 29.6 Å². The van der Waals surface area contributed by atoms with Crippen molar-refractivity contribution in [1.29, 1.82) is 0 Å². The summed E-state index contributed by atoms with van der Waals surface area (Å²) in [4.78, 5) is 16.6. The van der Waals surface area contributed by atoms with Crippen LogP contribution < -0.4 is 9.47 Å². The summed E-state index contributed by atoms with van der Waals surface area (Å²) in [6, 6.07) is 4.72. The van der Waals surface area contributed by atoms with Crippen molar-refractivity contribution in [3.63, 3.8) is 0 Å². The Labute approximate surface area is 174 Å². The topological polar surface area (TPSA) is 79.4 Å². The second kappa shape index (κ2) is 10.8. The van der Waals surface area contributed by atoms with Crippen LogP contribution in [0.3, 0.4) is 0 Å². The van der Waals surface area contributed by atoms with Gasteiger partial charge in [0, 0.05) is 32.2 Å². The van der Waals surface area contributed by atoms with Crippen LogP contribution in [0.4, 0.5) is 0 Å². The van der Waals surface area contributed by atoms with Crippen LogP contribution in [-0.4, -0.2) is 88.5 Å². The zero-order valence-corrected chi connectivity index (χ0v) is 18.7. The van der Waals surface area contributed by atoms with E-state index in [9.17, 15) is 13.2 Å². The Morgan fingerprint density at radius 2 is 1.66 bits per heavy atom. The number of methoxy groups -OCH3 is 2. The predicted molar refractivity (Wildman–Crippen MR) is 112 cm³/mol. The van der Waals surface area contributed by atoms with Crippen LogP contribution in [0.1, 0.15) is 26.7 Å². The van der Waals surface area contributed by atoms with E-state index in [0.29, 0.717) is 25.4 Å². The first kappa shape index (κ1) is 23.4. The van der Waals surface area contributed by atoms with Crippen LogP contribution in [0.5, 0.6) is 11.5 Å². The van der Waals surface area contributed by atoms with Crippen molar-refractivity contribution in [1.82, 2.24) is 14.1 Å². The van der Waals surface area contributed by atoms with Crippen LogP contribution >= 0.6 is 0 Å². The van der Waals surface area contributed by atoms with Crippen LogP contribution in [0, 0.1) is 0 Å². The van der Waals surface area contributed by atoms with Crippen molar-refractivity contribution < 1.29 is 22.7 Å². The largest absolute Gasteiger partial charge is 0.497 e. The van der Waals surface area contributed by atoms with Crippen molar-refractivity contribution in [2.45, 2.75) is 31.6 Å². The second-order valence-corrected chi connectivity index (χ2v) is 8.98. The maximum Gasteiger partial charge on any atom is 0.247 e. The Balaban J connectivity index is 2.05. The first-order valence-corrected chi connectivity index (χ1v) is 11.5. The molecule has 0 atom stereocenters. The number of rotatable bonds is 10. The zero-order valence-electron chi connectivity index (χ0n) is 17.9. The van der Waals surface area contributed by atoms with Crippen molar-refractivity contribution in [3.05, 3.63) is 18.2 Å². The molecule has 1 aromatic rings. The highest BCUT2D eigenvalue weighted by atomic mass is 32.2. The molecule has 0 unspecified atom stereocenters. The lowest BCUT2D eigenvalue weighted by Crippen LogP contribution is -2.52. The average Bonchev–Trinajstić information content (AvgIpc) is 2.73. The summed E-state index contributed by atoms with van der Waals surface area (Å²) in [5.41, 5.74) is 0. The molecule has 1 heterocycles. The van der Waals surface area contributed by atoms with Crippen molar-refractivity contribution in [3.8, 4) is 11.5 Å². The monoisotopic (exact) mass is 427 g/mol. The minimum atomic E-state index is -3.75. The smallest absolute Gasteiger partial charge is 0.247 e. The van der Waals surface area contributed by atoms with Gasteiger partial charge in [0.05, 0.1) is 20.8 Å². The molecule has 0 aliphatic carbocycles. The summed E-state index contributed by atoms with van der Waals surface area (Å²) in [5, 5.41) is 0. The molecule has 164 valence electrons. The normalized spacial score (nSPS) is 15.6. The van der Waals surface area contributed by atoms with E-state index in [1.165, 1.54) is 24.6 Å². The van der Waals surface area contributed by atoms with Gasteiger partial charge < -0.3 is 14.4 Å². The lowest BCUT2D eigenvalue weighted by molar-refractivity contribution is -0.133. The molecular formula is C20H33N3O5S. The molecule has 0 bridgehead atoms. The van der Waals surface area contributed by atoms with Gasteiger partial charge in [0.15, 0.2) is 0 Å². The van der Waals surface area contributed by atoms with Crippen LogP contribution in [-0.2, 0) is 14.8 Å². The third-order valence-electron chi connectivity index (χ3n) is 5.02. The van der Waals surface area contributed by atoms with Gasteiger partial charge in [-0.1, -0.05) is 13.8 Å². The van der Waals surface area contributed by atoms with E-state index in [1.807, 2.05) is 0 Å². The fourth-order valence-electron chi connectivity index (χ4n) is 3.50. The Bertz CT molecular complexity index is 770. The van der Waals surface area contributed by atoms with Gasteiger partial charge in [0.25, 0.3) is 0 Å². The molecule has 0 radical (unpaired) electrons. The third kappa shape index (κ3) is 5.83. The molecule has 29 heavy (non-hydrogen) atoms. The number of carbonyl (C=O) groups is 1. The molecule has 1 amide bonds. The highest BCUT2D eigenvalue weighted by molar-refractivity contribution is 7.89. The number of ether oxygens (including phenoxy) is 2. The van der Waals surface area contributed by atoms with Gasteiger partial charge in [-0.15, -0.1) is 0 Å². The molecule has 0 saturated carbocycles. The Hall–Kier alpha value is -1.84. The molecule has 1 aliphatic rings. The second-order valence-electron chi connectivity index (χ2n) is 7.08. The van der Waals surface area contributed by atoms with E-state index < -0.39 is 10.0 Å². The fourth-order valence-corrected chi connectivity index (χ4v) is 5.09. The van der Waals surface area contributed by atoms with Gasteiger partial charge in [0.2, 0.25) is 15.9 Å². The molecule has 0 aromatic heterocycles. The summed E-state index contributed by atoms with van der Waals surface area (Å²) in [6.45, 7) is 7.66.